The van der Waals surface area contributed by atoms with Gasteiger partial charge in [0.25, 0.3) is 0 Å². The predicted octanol–water partition coefficient (Wildman–Crippen LogP) is 2.45. The SMILES string of the molecule is CCC1(Cc2ccccc2)NC(=O)C(Cc2ccccc2C#N)N(C)C1=O. The molecule has 1 aliphatic heterocycles. The number of rotatable bonds is 5. The second-order valence-electron chi connectivity index (χ2n) is 6.99. The standard InChI is InChI=1S/C22H23N3O2/c1-3-22(14-16-9-5-4-6-10-16)21(27)25(2)19(20(26)24-22)13-17-11-7-8-12-18(17)15-23/h4-12,19H,3,13-14H2,1-2H3,(H,24,26). The minimum Gasteiger partial charge on any atom is -0.340 e. The molecule has 2 aromatic carbocycles. The van der Waals surface area contributed by atoms with Crippen LogP contribution >= 0.6 is 0 Å². The fraction of sp³-hybridized carbons (Fsp3) is 0.318. The number of nitrogens with one attached hydrogen (secondary N) is 1. The molecule has 27 heavy (non-hydrogen) atoms. The molecule has 5 heteroatoms. The summed E-state index contributed by atoms with van der Waals surface area (Å²) in [5.41, 5.74) is 1.38. The van der Waals surface area contributed by atoms with Gasteiger partial charge in [-0.15, -0.1) is 0 Å². The number of piperazine rings is 1. The Morgan fingerprint density at radius 2 is 1.78 bits per heavy atom. The van der Waals surface area contributed by atoms with E-state index in [1.165, 1.54) is 0 Å². The van der Waals surface area contributed by atoms with Crippen molar-refractivity contribution in [2.45, 2.75) is 37.8 Å². The Hall–Kier alpha value is -3.13. The highest BCUT2D eigenvalue weighted by molar-refractivity contribution is 6.00. The number of hydrogen-bond acceptors (Lipinski definition) is 3. The lowest BCUT2D eigenvalue weighted by molar-refractivity contribution is -0.153. The minimum absolute atomic E-state index is 0.0899. The molecule has 0 radical (unpaired) electrons. The zero-order valence-corrected chi connectivity index (χ0v) is 15.6. The van der Waals surface area contributed by atoms with Crippen LogP contribution in [0.2, 0.25) is 0 Å². The smallest absolute Gasteiger partial charge is 0.249 e. The summed E-state index contributed by atoms with van der Waals surface area (Å²) in [6.45, 7) is 1.92. The number of nitrogens with zero attached hydrogens (tertiary/aromatic N) is 2. The van der Waals surface area contributed by atoms with Gasteiger partial charge in [0.05, 0.1) is 11.6 Å². The molecule has 2 aromatic rings. The molecule has 138 valence electrons. The molecular weight excluding hydrogens is 338 g/mol. The van der Waals surface area contributed by atoms with E-state index in [0.29, 0.717) is 24.8 Å². The van der Waals surface area contributed by atoms with Gasteiger partial charge < -0.3 is 10.2 Å². The van der Waals surface area contributed by atoms with Crippen molar-refractivity contribution in [3.8, 4) is 6.07 Å². The second kappa shape index (κ2) is 7.63. The third-order valence-electron chi connectivity index (χ3n) is 5.37. The van der Waals surface area contributed by atoms with Gasteiger partial charge in [-0.3, -0.25) is 9.59 Å². The van der Waals surface area contributed by atoms with Crippen LogP contribution in [-0.2, 0) is 22.4 Å². The Morgan fingerprint density at radius 3 is 2.44 bits per heavy atom. The molecule has 0 saturated carbocycles. The fourth-order valence-corrected chi connectivity index (χ4v) is 3.70. The Bertz CT molecular complexity index is 888. The third kappa shape index (κ3) is 3.56. The first-order chi connectivity index (χ1) is 13.0. The minimum atomic E-state index is -0.932. The van der Waals surface area contributed by atoms with Crippen LogP contribution in [0.5, 0.6) is 0 Å². The van der Waals surface area contributed by atoms with Crippen molar-refractivity contribution in [2.75, 3.05) is 7.05 Å². The van der Waals surface area contributed by atoms with E-state index in [-0.39, 0.29) is 11.8 Å². The lowest BCUT2D eigenvalue weighted by atomic mass is 9.83. The van der Waals surface area contributed by atoms with Crippen molar-refractivity contribution >= 4 is 11.8 Å². The average Bonchev–Trinajstić information content (AvgIpc) is 2.70. The van der Waals surface area contributed by atoms with Crippen molar-refractivity contribution in [2.24, 2.45) is 0 Å². The molecule has 1 heterocycles. The summed E-state index contributed by atoms with van der Waals surface area (Å²) in [4.78, 5) is 27.7. The van der Waals surface area contributed by atoms with E-state index in [1.54, 1.807) is 24.1 Å². The quantitative estimate of drug-likeness (QED) is 0.889. The number of hydrogen-bond donors (Lipinski definition) is 1. The fourth-order valence-electron chi connectivity index (χ4n) is 3.70. The van der Waals surface area contributed by atoms with Crippen LogP contribution in [0.25, 0.3) is 0 Å². The molecule has 1 N–H and O–H groups in total. The zero-order chi connectivity index (χ0) is 19.4. The Balaban J connectivity index is 1.86. The Labute approximate surface area is 159 Å². The molecule has 5 nitrogen and oxygen atoms in total. The maximum absolute atomic E-state index is 13.2. The summed E-state index contributed by atoms with van der Waals surface area (Å²) >= 11 is 0. The van der Waals surface area contributed by atoms with Gasteiger partial charge in [-0.05, 0) is 23.6 Å². The number of carbonyl (C=O) groups is 2. The van der Waals surface area contributed by atoms with Crippen molar-refractivity contribution in [1.82, 2.24) is 10.2 Å². The van der Waals surface area contributed by atoms with Gasteiger partial charge in [-0.2, -0.15) is 5.26 Å². The summed E-state index contributed by atoms with van der Waals surface area (Å²) in [6.07, 6.45) is 1.29. The number of carbonyl (C=O) groups excluding carboxylic acids is 2. The molecular formula is C22H23N3O2. The molecule has 0 aromatic heterocycles. The van der Waals surface area contributed by atoms with Crippen LogP contribution in [0.15, 0.2) is 54.6 Å². The summed E-state index contributed by atoms with van der Waals surface area (Å²) in [5, 5.41) is 12.3. The van der Waals surface area contributed by atoms with Crippen LogP contribution in [0.4, 0.5) is 0 Å². The number of benzene rings is 2. The van der Waals surface area contributed by atoms with Crippen LogP contribution in [0.1, 0.15) is 30.0 Å². The zero-order valence-electron chi connectivity index (χ0n) is 15.6. The van der Waals surface area contributed by atoms with Crippen molar-refractivity contribution < 1.29 is 9.59 Å². The van der Waals surface area contributed by atoms with E-state index >= 15 is 0 Å². The molecule has 2 unspecified atom stereocenters. The van der Waals surface area contributed by atoms with E-state index in [9.17, 15) is 14.9 Å². The van der Waals surface area contributed by atoms with E-state index in [4.69, 9.17) is 0 Å². The van der Waals surface area contributed by atoms with E-state index in [2.05, 4.69) is 11.4 Å². The van der Waals surface area contributed by atoms with E-state index in [0.717, 1.165) is 11.1 Å². The van der Waals surface area contributed by atoms with Crippen molar-refractivity contribution in [3.63, 3.8) is 0 Å². The molecule has 1 aliphatic rings. The molecule has 1 saturated heterocycles. The molecule has 0 aliphatic carbocycles. The lowest BCUT2D eigenvalue weighted by Crippen LogP contribution is -2.70. The number of likely N-dealkylation sites (N-methyl/N-ethyl adjacent to an activating group) is 1. The molecule has 1 fully saturated rings. The monoisotopic (exact) mass is 361 g/mol. The molecule has 0 bridgehead atoms. The summed E-state index contributed by atoms with van der Waals surface area (Å²) in [5.74, 6) is -0.268. The second-order valence-corrected chi connectivity index (χ2v) is 6.99. The lowest BCUT2D eigenvalue weighted by Gasteiger charge is -2.44. The third-order valence-corrected chi connectivity index (χ3v) is 5.37. The maximum Gasteiger partial charge on any atom is 0.249 e. The highest BCUT2D eigenvalue weighted by Crippen LogP contribution is 2.27. The summed E-state index contributed by atoms with van der Waals surface area (Å²) in [6, 6.07) is 18.4. The largest absolute Gasteiger partial charge is 0.340 e. The highest BCUT2D eigenvalue weighted by atomic mass is 16.2. The topological polar surface area (TPSA) is 73.2 Å². The maximum atomic E-state index is 13.2. The first kappa shape index (κ1) is 18.7. The van der Waals surface area contributed by atoms with Gasteiger partial charge in [0.15, 0.2) is 0 Å². The predicted molar refractivity (Wildman–Crippen MR) is 103 cm³/mol. The van der Waals surface area contributed by atoms with E-state index in [1.807, 2.05) is 49.4 Å². The first-order valence-corrected chi connectivity index (χ1v) is 9.12. The van der Waals surface area contributed by atoms with Gasteiger partial charge in [-0.25, -0.2) is 0 Å². The Kier molecular flexibility index (Phi) is 5.27. The molecule has 2 atom stereocenters. The van der Waals surface area contributed by atoms with Crippen LogP contribution in [-0.4, -0.2) is 35.3 Å². The number of nitriles is 1. The first-order valence-electron chi connectivity index (χ1n) is 9.12. The summed E-state index contributed by atoms with van der Waals surface area (Å²) < 4.78 is 0. The van der Waals surface area contributed by atoms with Gasteiger partial charge in [-0.1, -0.05) is 55.5 Å². The van der Waals surface area contributed by atoms with Gasteiger partial charge in [0.1, 0.15) is 11.6 Å². The van der Waals surface area contributed by atoms with Gasteiger partial charge in [0.2, 0.25) is 11.8 Å². The normalized spacial score (nSPS) is 22.3. The van der Waals surface area contributed by atoms with Crippen LogP contribution in [0, 0.1) is 11.3 Å². The summed E-state index contributed by atoms with van der Waals surface area (Å²) in [7, 11) is 1.68. The van der Waals surface area contributed by atoms with Gasteiger partial charge >= 0.3 is 0 Å². The van der Waals surface area contributed by atoms with Crippen LogP contribution < -0.4 is 5.32 Å². The number of amides is 2. The molecule has 2 amide bonds. The van der Waals surface area contributed by atoms with E-state index < -0.39 is 11.6 Å². The average molecular weight is 361 g/mol. The highest BCUT2D eigenvalue weighted by Gasteiger charge is 2.48. The molecule has 0 spiro atoms. The van der Waals surface area contributed by atoms with Gasteiger partial charge in [0, 0.05) is 19.9 Å². The molecule has 3 rings (SSSR count). The Morgan fingerprint density at radius 1 is 1.11 bits per heavy atom. The van der Waals surface area contributed by atoms with Crippen LogP contribution in [0.3, 0.4) is 0 Å². The van der Waals surface area contributed by atoms with Crippen molar-refractivity contribution in [1.29, 1.82) is 5.26 Å². The van der Waals surface area contributed by atoms with Crippen molar-refractivity contribution in [3.05, 3.63) is 71.3 Å².